The normalized spacial score (nSPS) is 11.4. The number of nitrogens with zero attached hydrogens (tertiary/aromatic N) is 2. The number of anilines is 2. The second kappa shape index (κ2) is 5.28. The number of nitrogens with two attached hydrogens (primary N) is 1. The third-order valence-electron chi connectivity index (χ3n) is 2.88. The average Bonchev–Trinajstić information content (AvgIpc) is 2.33. The first-order valence-corrected chi connectivity index (χ1v) is 7.58. The van der Waals surface area contributed by atoms with Crippen LogP contribution in [0.15, 0.2) is 23.1 Å². The number of hydrogen-bond acceptors (Lipinski definition) is 5. The lowest BCUT2D eigenvalue weighted by Gasteiger charge is -2.10. The van der Waals surface area contributed by atoms with E-state index in [2.05, 4.69) is 14.7 Å². The first kappa shape index (κ1) is 15.2. The van der Waals surface area contributed by atoms with Gasteiger partial charge in [0.25, 0.3) is 10.0 Å². The third-order valence-corrected chi connectivity index (χ3v) is 4.18. The molecule has 0 aliphatic carbocycles. The van der Waals surface area contributed by atoms with Gasteiger partial charge >= 0.3 is 0 Å². The second-order valence-corrected chi connectivity index (χ2v) is 6.38. The molecule has 0 aliphatic heterocycles. The average molecular weight is 310 g/mol. The monoisotopic (exact) mass is 310 g/mol. The molecule has 0 amide bonds. The van der Waals surface area contributed by atoms with Gasteiger partial charge in [-0.05, 0) is 39.0 Å². The molecule has 0 spiro atoms. The summed E-state index contributed by atoms with van der Waals surface area (Å²) in [6, 6.07) is 3.82. The fraction of sp³-hybridized carbons (Fsp3) is 0.231. The van der Waals surface area contributed by atoms with Crippen LogP contribution in [-0.2, 0) is 10.0 Å². The molecule has 0 unspecified atom stereocenters. The Labute approximate surface area is 122 Å². The van der Waals surface area contributed by atoms with Crippen LogP contribution in [0, 0.1) is 26.6 Å². The molecule has 8 heteroatoms. The molecule has 0 saturated carbocycles. The zero-order chi connectivity index (χ0) is 15.8. The maximum absolute atomic E-state index is 13.6. The van der Waals surface area contributed by atoms with Crippen molar-refractivity contribution >= 4 is 21.7 Å². The molecule has 1 heterocycles. The van der Waals surface area contributed by atoms with E-state index in [1.165, 1.54) is 13.0 Å². The highest BCUT2D eigenvalue weighted by atomic mass is 32.2. The van der Waals surface area contributed by atoms with Gasteiger partial charge in [-0.2, -0.15) is 0 Å². The molecule has 2 aromatic rings. The van der Waals surface area contributed by atoms with Crippen LogP contribution < -0.4 is 10.5 Å². The van der Waals surface area contributed by atoms with E-state index in [9.17, 15) is 12.8 Å². The minimum Gasteiger partial charge on any atom is -0.398 e. The van der Waals surface area contributed by atoms with Gasteiger partial charge in [-0.15, -0.1) is 0 Å². The molecular weight excluding hydrogens is 295 g/mol. The number of aryl methyl sites for hydroxylation is 2. The molecule has 3 N–H and O–H groups in total. The van der Waals surface area contributed by atoms with Crippen molar-refractivity contribution in [2.24, 2.45) is 0 Å². The summed E-state index contributed by atoms with van der Waals surface area (Å²) in [6.45, 7) is 4.91. The minimum absolute atomic E-state index is 0.0629. The van der Waals surface area contributed by atoms with Gasteiger partial charge in [-0.1, -0.05) is 0 Å². The molecule has 1 aromatic carbocycles. The SMILES string of the molecule is Cc1cc(C)nc(NS(=O)(=O)c2cc(N)c(C)c(F)c2)n1. The standard InChI is InChI=1S/C13H15FN4O2S/c1-7-4-8(2)17-13(16-7)18-21(19,20)10-5-11(14)9(3)12(15)6-10/h4-6H,15H2,1-3H3,(H,16,17,18). The highest BCUT2D eigenvalue weighted by Gasteiger charge is 2.19. The van der Waals surface area contributed by atoms with Gasteiger partial charge in [0.05, 0.1) is 4.90 Å². The predicted octanol–water partition coefficient (Wildman–Crippen LogP) is 1.92. The van der Waals surface area contributed by atoms with E-state index < -0.39 is 15.8 Å². The van der Waals surface area contributed by atoms with Crippen molar-refractivity contribution in [1.29, 1.82) is 0 Å². The van der Waals surface area contributed by atoms with Crippen molar-refractivity contribution in [2.45, 2.75) is 25.7 Å². The van der Waals surface area contributed by atoms with Crippen LogP contribution in [0.1, 0.15) is 17.0 Å². The summed E-state index contributed by atoms with van der Waals surface area (Å²) < 4.78 is 40.3. The van der Waals surface area contributed by atoms with Crippen molar-refractivity contribution in [3.8, 4) is 0 Å². The summed E-state index contributed by atoms with van der Waals surface area (Å²) in [7, 11) is -4.00. The van der Waals surface area contributed by atoms with Crippen LogP contribution >= 0.6 is 0 Å². The number of nitrogens with one attached hydrogen (secondary N) is 1. The Morgan fingerprint density at radius 1 is 1.10 bits per heavy atom. The number of nitrogen functional groups attached to an aromatic ring is 1. The van der Waals surface area contributed by atoms with Crippen molar-refractivity contribution in [3.05, 3.63) is 41.0 Å². The number of halogens is 1. The largest absolute Gasteiger partial charge is 0.398 e. The van der Waals surface area contributed by atoms with Crippen LogP contribution in [0.4, 0.5) is 16.0 Å². The van der Waals surface area contributed by atoms with E-state index in [0.29, 0.717) is 11.4 Å². The van der Waals surface area contributed by atoms with Gasteiger partial charge in [0.1, 0.15) is 5.82 Å². The van der Waals surface area contributed by atoms with Crippen LogP contribution in [0.3, 0.4) is 0 Å². The van der Waals surface area contributed by atoms with Crippen LogP contribution in [0.2, 0.25) is 0 Å². The maximum atomic E-state index is 13.6. The predicted molar refractivity (Wildman–Crippen MR) is 77.9 cm³/mol. The fourth-order valence-electron chi connectivity index (χ4n) is 1.78. The zero-order valence-corrected chi connectivity index (χ0v) is 12.6. The zero-order valence-electron chi connectivity index (χ0n) is 11.8. The van der Waals surface area contributed by atoms with E-state index in [1.54, 1.807) is 19.9 Å². The lowest BCUT2D eigenvalue weighted by atomic mass is 10.2. The molecule has 2 rings (SSSR count). The van der Waals surface area contributed by atoms with Crippen LogP contribution in [0.5, 0.6) is 0 Å². The molecule has 0 fully saturated rings. The van der Waals surface area contributed by atoms with Crippen molar-refractivity contribution in [3.63, 3.8) is 0 Å². The summed E-state index contributed by atoms with van der Waals surface area (Å²) in [5.74, 6) is -0.747. The molecule has 0 bridgehead atoms. The molecule has 112 valence electrons. The van der Waals surface area contributed by atoms with Crippen LogP contribution in [-0.4, -0.2) is 18.4 Å². The molecule has 0 saturated heterocycles. The molecule has 6 nitrogen and oxygen atoms in total. The van der Waals surface area contributed by atoms with Crippen molar-refractivity contribution in [1.82, 2.24) is 9.97 Å². The lowest BCUT2D eigenvalue weighted by molar-refractivity contribution is 0.593. The van der Waals surface area contributed by atoms with Gasteiger partial charge in [0, 0.05) is 22.6 Å². The Balaban J connectivity index is 2.43. The number of benzene rings is 1. The van der Waals surface area contributed by atoms with E-state index in [-0.39, 0.29) is 22.1 Å². The van der Waals surface area contributed by atoms with Crippen molar-refractivity contribution < 1.29 is 12.8 Å². The van der Waals surface area contributed by atoms with Crippen molar-refractivity contribution in [2.75, 3.05) is 10.5 Å². The minimum atomic E-state index is -4.00. The van der Waals surface area contributed by atoms with Gasteiger partial charge in [-0.3, -0.25) is 0 Å². The second-order valence-electron chi connectivity index (χ2n) is 4.70. The molecule has 1 aromatic heterocycles. The summed E-state index contributed by atoms with van der Waals surface area (Å²) in [4.78, 5) is 7.69. The Bertz CT molecular complexity index is 763. The summed E-state index contributed by atoms with van der Waals surface area (Å²) in [5, 5.41) is 0. The lowest BCUT2D eigenvalue weighted by Crippen LogP contribution is -2.16. The summed E-state index contributed by atoms with van der Waals surface area (Å²) in [5.41, 5.74) is 7.11. The van der Waals surface area contributed by atoms with E-state index in [0.717, 1.165) is 6.07 Å². The third kappa shape index (κ3) is 3.27. The van der Waals surface area contributed by atoms with Gasteiger partial charge < -0.3 is 5.73 Å². The van der Waals surface area contributed by atoms with E-state index in [1.807, 2.05) is 0 Å². The smallest absolute Gasteiger partial charge is 0.264 e. The van der Waals surface area contributed by atoms with Gasteiger partial charge in [0.15, 0.2) is 0 Å². The highest BCUT2D eigenvalue weighted by molar-refractivity contribution is 7.92. The number of rotatable bonds is 3. The topological polar surface area (TPSA) is 98.0 Å². The first-order valence-electron chi connectivity index (χ1n) is 6.10. The summed E-state index contributed by atoms with van der Waals surface area (Å²) >= 11 is 0. The molecule has 0 radical (unpaired) electrons. The Morgan fingerprint density at radius 3 is 2.19 bits per heavy atom. The molecular formula is C13H15FN4O2S. The van der Waals surface area contributed by atoms with Gasteiger partial charge in [-0.25, -0.2) is 27.5 Å². The Hall–Kier alpha value is -2.22. The molecule has 0 atom stereocenters. The highest BCUT2D eigenvalue weighted by Crippen LogP contribution is 2.22. The van der Waals surface area contributed by atoms with E-state index in [4.69, 9.17) is 5.73 Å². The maximum Gasteiger partial charge on any atom is 0.264 e. The summed E-state index contributed by atoms with van der Waals surface area (Å²) in [6.07, 6.45) is 0. The molecule has 0 aliphatic rings. The number of sulfonamides is 1. The fourth-order valence-corrected chi connectivity index (χ4v) is 2.77. The number of hydrogen-bond donors (Lipinski definition) is 2. The van der Waals surface area contributed by atoms with Gasteiger partial charge in [0.2, 0.25) is 5.95 Å². The Morgan fingerprint density at radius 2 is 1.67 bits per heavy atom. The molecule has 21 heavy (non-hydrogen) atoms. The van der Waals surface area contributed by atoms with Crippen LogP contribution in [0.25, 0.3) is 0 Å². The first-order chi connectivity index (χ1) is 9.69. The quantitative estimate of drug-likeness (QED) is 0.844. The van der Waals surface area contributed by atoms with E-state index >= 15 is 0 Å². The Kier molecular flexibility index (Phi) is 3.82. The number of aromatic nitrogens is 2.